The van der Waals surface area contributed by atoms with Gasteiger partial charge in [-0.25, -0.2) is 13.6 Å². The highest BCUT2D eigenvalue weighted by Crippen LogP contribution is 2.23. The number of benzene rings is 1. The molecule has 0 aliphatic carbocycles. The van der Waals surface area contributed by atoms with Crippen molar-refractivity contribution >= 4 is 10.0 Å². The molecule has 2 aromatic rings. The van der Waals surface area contributed by atoms with Gasteiger partial charge in [-0.15, -0.1) is 10.2 Å². The standard InChI is InChI=1S/C13H18N4O3S/c1-9(2)8-17-12(15-16-13(17)21(14,18)19)10-4-6-11(20-3)7-5-10/h4-7,9H,8H2,1-3H3,(H2,14,18,19). The van der Waals surface area contributed by atoms with Crippen molar-refractivity contribution in [2.75, 3.05) is 7.11 Å². The van der Waals surface area contributed by atoms with E-state index in [2.05, 4.69) is 10.2 Å². The first-order valence-electron chi connectivity index (χ1n) is 6.43. The molecule has 0 spiro atoms. The minimum Gasteiger partial charge on any atom is -0.497 e. The molecule has 8 heteroatoms. The zero-order chi connectivity index (χ0) is 15.6. The van der Waals surface area contributed by atoms with Gasteiger partial charge in [-0.3, -0.25) is 4.57 Å². The largest absolute Gasteiger partial charge is 0.497 e. The quantitative estimate of drug-likeness (QED) is 0.896. The Balaban J connectivity index is 2.54. The molecule has 0 unspecified atom stereocenters. The van der Waals surface area contributed by atoms with Crippen LogP contribution >= 0.6 is 0 Å². The number of methoxy groups -OCH3 is 1. The topological polar surface area (TPSA) is 100 Å². The van der Waals surface area contributed by atoms with Crippen molar-refractivity contribution in [2.24, 2.45) is 11.1 Å². The molecule has 0 saturated carbocycles. The SMILES string of the molecule is COc1ccc(-c2nnc(S(N)(=O)=O)n2CC(C)C)cc1. The van der Waals surface area contributed by atoms with Gasteiger partial charge >= 0.3 is 0 Å². The number of aromatic nitrogens is 3. The summed E-state index contributed by atoms with van der Waals surface area (Å²) in [4.78, 5) is 0. The molecule has 0 fully saturated rings. The third-order valence-electron chi connectivity index (χ3n) is 2.87. The third kappa shape index (κ3) is 3.40. The van der Waals surface area contributed by atoms with E-state index < -0.39 is 10.0 Å². The van der Waals surface area contributed by atoms with Gasteiger partial charge in [0, 0.05) is 12.1 Å². The van der Waals surface area contributed by atoms with Gasteiger partial charge in [-0.1, -0.05) is 13.8 Å². The Morgan fingerprint density at radius 3 is 2.33 bits per heavy atom. The van der Waals surface area contributed by atoms with Crippen LogP contribution in [0.5, 0.6) is 5.75 Å². The van der Waals surface area contributed by atoms with Crippen LogP contribution in [0.2, 0.25) is 0 Å². The van der Waals surface area contributed by atoms with Crippen molar-refractivity contribution in [3.05, 3.63) is 24.3 Å². The van der Waals surface area contributed by atoms with Crippen molar-refractivity contribution in [1.29, 1.82) is 0 Å². The Labute approximate surface area is 123 Å². The second kappa shape index (κ2) is 5.82. The van der Waals surface area contributed by atoms with E-state index in [4.69, 9.17) is 9.88 Å². The monoisotopic (exact) mass is 310 g/mol. The molecule has 0 aliphatic heterocycles. The molecule has 1 aromatic heterocycles. The minimum atomic E-state index is -3.91. The first-order chi connectivity index (χ1) is 9.82. The van der Waals surface area contributed by atoms with E-state index in [1.54, 1.807) is 31.4 Å². The van der Waals surface area contributed by atoms with Crippen molar-refractivity contribution in [1.82, 2.24) is 14.8 Å². The summed E-state index contributed by atoms with van der Waals surface area (Å²) in [6.45, 7) is 4.41. The Bertz CT molecular complexity index is 720. The normalized spacial score (nSPS) is 11.9. The van der Waals surface area contributed by atoms with Gasteiger partial charge in [0.25, 0.3) is 15.2 Å². The maximum Gasteiger partial charge on any atom is 0.273 e. The molecule has 1 heterocycles. The number of hydrogen-bond acceptors (Lipinski definition) is 5. The second-order valence-corrected chi connectivity index (χ2v) is 6.54. The Morgan fingerprint density at radius 2 is 1.86 bits per heavy atom. The number of sulfonamides is 1. The highest BCUT2D eigenvalue weighted by Gasteiger charge is 2.22. The van der Waals surface area contributed by atoms with Gasteiger partial charge in [-0.2, -0.15) is 0 Å². The molecule has 21 heavy (non-hydrogen) atoms. The number of hydrogen-bond donors (Lipinski definition) is 1. The van der Waals surface area contributed by atoms with Crippen LogP contribution in [0.15, 0.2) is 29.4 Å². The first-order valence-corrected chi connectivity index (χ1v) is 7.98. The van der Waals surface area contributed by atoms with Crippen molar-refractivity contribution in [2.45, 2.75) is 25.5 Å². The molecule has 0 amide bonds. The van der Waals surface area contributed by atoms with Gasteiger partial charge in [0.2, 0.25) is 0 Å². The molecular weight excluding hydrogens is 292 g/mol. The van der Waals surface area contributed by atoms with Crippen LogP contribution in [-0.4, -0.2) is 30.3 Å². The van der Waals surface area contributed by atoms with E-state index in [9.17, 15) is 8.42 Å². The molecule has 2 N–H and O–H groups in total. The Morgan fingerprint density at radius 1 is 1.24 bits per heavy atom. The number of ether oxygens (including phenoxy) is 1. The van der Waals surface area contributed by atoms with Gasteiger partial charge < -0.3 is 4.74 Å². The summed E-state index contributed by atoms with van der Waals surface area (Å²) < 4.78 is 29.9. The maximum absolute atomic E-state index is 11.6. The number of nitrogens with zero attached hydrogens (tertiary/aromatic N) is 3. The lowest BCUT2D eigenvalue weighted by Gasteiger charge is -2.12. The van der Waals surface area contributed by atoms with Gasteiger partial charge in [0.15, 0.2) is 5.82 Å². The lowest BCUT2D eigenvalue weighted by molar-refractivity contribution is 0.415. The van der Waals surface area contributed by atoms with Crippen LogP contribution in [0.4, 0.5) is 0 Å². The summed E-state index contributed by atoms with van der Waals surface area (Å²) in [6.07, 6.45) is 0. The average Bonchev–Trinajstić information content (AvgIpc) is 2.81. The molecule has 2 rings (SSSR count). The fourth-order valence-corrected chi connectivity index (χ4v) is 2.61. The number of primary sulfonamides is 1. The summed E-state index contributed by atoms with van der Waals surface area (Å²) in [7, 11) is -2.34. The molecule has 114 valence electrons. The summed E-state index contributed by atoms with van der Waals surface area (Å²) in [5.74, 6) is 1.40. The van der Waals surface area contributed by atoms with Gasteiger partial charge in [0.05, 0.1) is 7.11 Å². The van der Waals surface area contributed by atoms with E-state index in [1.165, 1.54) is 4.57 Å². The molecule has 0 atom stereocenters. The van der Waals surface area contributed by atoms with E-state index in [-0.39, 0.29) is 11.1 Å². The smallest absolute Gasteiger partial charge is 0.273 e. The van der Waals surface area contributed by atoms with Crippen LogP contribution in [-0.2, 0) is 16.6 Å². The third-order valence-corrected chi connectivity index (χ3v) is 3.68. The minimum absolute atomic E-state index is 0.220. The lowest BCUT2D eigenvalue weighted by atomic mass is 10.2. The van der Waals surface area contributed by atoms with Gasteiger partial charge in [0.1, 0.15) is 5.75 Å². The molecule has 1 aromatic carbocycles. The van der Waals surface area contributed by atoms with Crippen LogP contribution in [0.3, 0.4) is 0 Å². The number of rotatable bonds is 5. The molecule has 0 aliphatic rings. The first kappa shape index (κ1) is 15.5. The Hall–Kier alpha value is -1.93. The van der Waals surface area contributed by atoms with Crippen LogP contribution in [0.1, 0.15) is 13.8 Å². The highest BCUT2D eigenvalue weighted by atomic mass is 32.2. The summed E-state index contributed by atoms with van der Waals surface area (Å²) in [5, 5.41) is 12.7. The predicted molar refractivity (Wildman–Crippen MR) is 78.2 cm³/mol. The van der Waals surface area contributed by atoms with E-state index in [0.29, 0.717) is 18.1 Å². The summed E-state index contributed by atoms with van der Waals surface area (Å²) >= 11 is 0. The lowest BCUT2D eigenvalue weighted by Crippen LogP contribution is -2.20. The van der Waals surface area contributed by atoms with E-state index in [0.717, 1.165) is 5.56 Å². The summed E-state index contributed by atoms with van der Waals surface area (Å²) in [6, 6.07) is 7.15. The van der Waals surface area contributed by atoms with Crippen molar-refractivity contribution in [3.8, 4) is 17.1 Å². The molecule has 0 bridgehead atoms. The van der Waals surface area contributed by atoms with E-state index in [1.807, 2.05) is 13.8 Å². The molecular formula is C13H18N4O3S. The fourth-order valence-electron chi connectivity index (χ4n) is 1.98. The average molecular weight is 310 g/mol. The molecule has 0 saturated heterocycles. The molecule has 0 radical (unpaired) electrons. The zero-order valence-corrected chi connectivity index (χ0v) is 13.0. The maximum atomic E-state index is 11.6. The van der Waals surface area contributed by atoms with Crippen LogP contribution in [0.25, 0.3) is 11.4 Å². The predicted octanol–water partition coefficient (Wildman–Crippen LogP) is 1.26. The zero-order valence-electron chi connectivity index (χ0n) is 12.1. The van der Waals surface area contributed by atoms with E-state index >= 15 is 0 Å². The number of nitrogens with two attached hydrogens (primary N) is 1. The fraction of sp³-hybridized carbons (Fsp3) is 0.385. The Kier molecular flexibility index (Phi) is 4.29. The van der Waals surface area contributed by atoms with Gasteiger partial charge in [-0.05, 0) is 30.2 Å². The van der Waals surface area contributed by atoms with Crippen molar-refractivity contribution < 1.29 is 13.2 Å². The summed E-state index contributed by atoms with van der Waals surface area (Å²) in [5.41, 5.74) is 0.749. The van der Waals surface area contributed by atoms with Crippen LogP contribution < -0.4 is 9.88 Å². The highest BCUT2D eigenvalue weighted by molar-refractivity contribution is 7.89. The van der Waals surface area contributed by atoms with Crippen LogP contribution in [0, 0.1) is 5.92 Å². The van der Waals surface area contributed by atoms with Crippen molar-refractivity contribution in [3.63, 3.8) is 0 Å². The second-order valence-electron chi connectivity index (χ2n) is 5.08. The molecule has 7 nitrogen and oxygen atoms in total.